The molecule has 0 radical (unpaired) electrons. The van der Waals surface area contributed by atoms with Crippen molar-refractivity contribution >= 4 is 27.5 Å². The van der Waals surface area contributed by atoms with E-state index < -0.39 is 74.9 Å². The van der Waals surface area contributed by atoms with Crippen LogP contribution in [0.5, 0.6) is 0 Å². The highest BCUT2D eigenvalue weighted by Crippen LogP contribution is 2.38. The van der Waals surface area contributed by atoms with Crippen LogP contribution < -0.4 is 10.0 Å². The van der Waals surface area contributed by atoms with E-state index in [1.54, 1.807) is 6.92 Å². The third-order valence-corrected chi connectivity index (χ3v) is 6.57. The Balaban J connectivity index is 1.68. The molecular formula is C20H20F5N3O5S. The van der Waals surface area contributed by atoms with Gasteiger partial charge in [-0.05, 0) is 25.0 Å². The van der Waals surface area contributed by atoms with Gasteiger partial charge in [0.25, 0.3) is 5.91 Å². The molecule has 0 aromatic heterocycles. The molecule has 1 aromatic carbocycles. The number of nitrogens with zero attached hydrogens (tertiary/aromatic N) is 1. The maximum atomic E-state index is 13.8. The molecule has 14 heteroatoms. The quantitative estimate of drug-likeness (QED) is 0.432. The van der Waals surface area contributed by atoms with Gasteiger partial charge < -0.3 is 10.2 Å². The fourth-order valence-corrected chi connectivity index (χ4v) is 4.75. The summed E-state index contributed by atoms with van der Waals surface area (Å²) in [5.41, 5.74) is -1.38. The fraction of sp³-hybridized carbons (Fsp3) is 0.450. The molecule has 4 atom stereocenters. The molecule has 2 unspecified atom stereocenters. The molecule has 1 aromatic rings. The lowest BCUT2D eigenvalue weighted by atomic mass is 9.91. The Bertz CT molecular complexity index is 1120. The number of hydrogen-bond donors (Lipinski definition) is 2. The number of carbonyl (C=O) groups is 2. The van der Waals surface area contributed by atoms with Crippen LogP contribution in [-0.4, -0.2) is 50.0 Å². The number of oxime groups is 1. The number of halogens is 5. The SMILES string of the molecule is CCCS(=O)(=O)NC(=O)[C@@H]1C=C[C@H](NC(=O)C2ON=C(c3cc(F)cc(F)c3)C2C(F)(F)F)C1. The summed E-state index contributed by atoms with van der Waals surface area (Å²) in [7, 11) is -3.82. The van der Waals surface area contributed by atoms with Crippen LogP contribution in [0.3, 0.4) is 0 Å². The smallest absolute Gasteiger partial charge is 0.381 e. The minimum Gasteiger partial charge on any atom is -0.381 e. The van der Waals surface area contributed by atoms with Crippen LogP contribution in [0, 0.1) is 23.5 Å². The zero-order chi connectivity index (χ0) is 25.3. The third kappa shape index (κ3) is 5.90. The van der Waals surface area contributed by atoms with Crippen molar-refractivity contribution in [1.29, 1.82) is 0 Å². The van der Waals surface area contributed by atoms with Crippen LogP contribution in [0.15, 0.2) is 35.5 Å². The van der Waals surface area contributed by atoms with E-state index >= 15 is 0 Å². The van der Waals surface area contributed by atoms with Crippen LogP contribution in [0.4, 0.5) is 22.0 Å². The number of sulfonamides is 1. The Morgan fingerprint density at radius 2 is 1.76 bits per heavy atom. The molecule has 0 saturated carbocycles. The minimum absolute atomic E-state index is 0.0918. The van der Waals surface area contributed by atoms with E-state index in [4.69, 9.17) is 4.84 Å². The number of alkyl halides is 3. The highest BCUT2D eigenvalue weighted by molar-refractivity contribution is 7.90. The molecule has 0 saturated heterocycles. The molecule has 1 aliphatic carbocycles. The molecule has 1 aliphatic heterocycles. The normalized spacial score (nSPS) is 24.5. The largest absolute Gasteiger partial charge is 0.401 e. The number of benzene rings is 1. The third-order valence-electron chi connectivity index (χ3n) is 5.11. The van der Waals surface area contributed by atoms with E-state index in [0.29, 0.717) is 18.2 Å². The Hall–Kier alpha value is -3.03. The number of nitrogens with one attached hydrogen (secondary N) is 2. The monoisotopic (exact) mass is 509 g/mol. The van der Waals surface area contributed by atoms with Crippen molar-refractivity contribution < 1.29 is 44.8 Å². The molecule has 0 bridgehead atoms. The second-order valence-corrected chi connectivity index (χ2v) is 9.65. The van der Waals surface area contributed by atoms with Crippen LogP contribution in [0.25, 0.3) is 0 Å². The van der Waals surface area contributed by atoms with Crippen molar-refractivity contribution in [2.24, 2.45) is 17.0 Å². The zero-order valence-corrected chi connectivity index (χ0v) is 18.4. The zero-order valence-electron chi connectivity index (χ0n) is 17.6. The van der Waals surface area contributed by atoms with Crippen LogP contribution >= 0.6 is 0 Å². The summed E-state index contributed by atoms with van der Waals surface area (Å²) in [5, 5.41) is 5.56. The summed E-state index contributed by atoms with van der Waals surface area (Å²) in [6, 6.07) is 0.865. The lowest BCUT2D eigenvalue weighted by molar-refractivity contribution is -0.182. The van der Waals surface area contributed by atoms with Gasteiger partial charge in [-0.25, -0.2) is 17.2 Å². The summed E-state index contributed by atoms with van der Waals surface area (Å²) in [6.45, 7) is 1.62. The minimum atomic E-state index is -5.04. The van der Waals surface area contributed by atoms with Crippen LogP contribution in [0.1, 0.15) is 25.3 Å². The Kier molecular flexibility index (Phi) is 7.29. The lowest BCUT2D eigenvalue weighted by Gasteiger charge is -2.22. The van der Waals surface area contributed by atoms with Gasteiger partial charge in [0.05, 0.1) is 11.7 Å². The lowest BCUT2D eigenvalue weighted by Crippen LogP contribution is -2.48. The Morgan fingerprint density at radius 3 is 2.35 bits per heavy atom. The van der Waals surface area contributed by atoms with E-state index in [1.165, 1.54) is 12.2 Å². The maximum Gasteiger partial charge on any atom is 0.401 e. The van der Waals surface area contributed by atoms with Crippen LogP contribution in [-0.2, 0) is 24.4 Å². The van der Waals surface area contributed by atoms with Gasteiger partial charge in [0, 0.05) is 17.7 Å². The van der Waals surface area contributed by atoms with E-state index in [1.807, 2.05) is 4.72 Å². The summed E-state index contributed by atoms with van der Waals surface area (Å²) in [4.78, 5) is 29.4. The van der Waals surface area contributed by atoms with Crippen molar-refractivity contribution in [1.82, 2.24) is 10.0 Å². The first-order valence-electron chi connectivity index (χ1n) is 10.1. The number of carbonyl (C=O) groups excluding carboxylic acids is 2. The van der Waals surface area contributed by atoms with Crippen LogP contribution in [0.2, 0.25) is 0 Å². The van der Waals surface area contributed by atoms with Crippen molar-refractivity contribution in [3.8, 4) is 0 Å². The average molecular weight is 509 g/mol. The van der Waals surface area contributed by atoms with Gasteiger partial charge in [-0.3, -0.25) is 14.3 Å². The first kappa shape index (κ1) is 25.6. The summed E-state index contributed by atoms with van der Waals surface area (Å²) in [6.07, 6.45) is -4.35. The summed E-state index contributed by atoms with van der Waals surface area (Å²) >= 11 is 0. The molecule has 2 aliphatic rings. The van der Waals surface area contributed by atoms with Gasteiger partial charge in [-0.1, -0.05) is 24.2 Å². The maximum absolute atomic E-state index is 13.8. The topological polar surface area (TPSA) is 114 Å². The van der Waals surface area contributed by atoms with Crippen molar-refractivity contribution in [2.75, 3.05) is 5.75 Å². The molecule has 2 amide bonds. The van der Waals surface area contributed by atoms with Gasteiger partial charge in [0.15, 0.2) is 0 Å². The van der Waals surface area contributed by atoms with Gasteiger partial charge in [-0.15, -0.1) is 0 Å². The van der Waals surface area contributed by atoms with Crippen molar-refractivity contribution in [2.45, 2.75) is 38.1 Å². The van der Waals surface area contributed by atoms with Gasteiger partial charge in [0.1, 0.15) is 23.3 Å². The number of hydrogen-bond acceptors (Lipinski definition) is 6. The molecule has 3 rings (SSSR count). The van der Waals surface area contributed by atoms with E-state index in [9.17, 15) is 40.0 Å². The average Bonchev–Trinajstić information content (AvgIpc) is 3.33. The number of amides is 2. The highest BCUT2D eigenvalue weighted by Gasteiger charge is 2.56. The summed E-state index contributed by atoms with van der Waals surface area (Å²) < 4.78 is 93.7. The predicted molar refractivity (Wildman–Crippen MR) is 109 cm³/mol. The second-order valence-electron chi connectivity index (χ2n) is 7.81. The Morgan fingerprint density at radius 1 is 1.12 bits per heavy atom. The molecule has 8 nitrogen and oxygen atoms in total. The van der Waals surface area contributed by atoms with Gasteiger partial charge >= 0.3 is 6.18 Å². The molecule has 0 spiro atoms. The second kappa shape index (κ2) is 9.68. The fourth-order valence-electron chi connectivity index (χ4n) is 3.65. The number of rotatable bonds is 7. The standard InChI is InChI=1S/C20H20F5N3O5S/c1-2-5-34(31,32)28-18(29)10-3-4-14(8-10)26-19(30)17-15(20(23,24)25)16(27-33-17)11-6-12(21)9-13(22)7-11/h3-4,6-7,9-10,14-15,17H,2,5,8H2,1H3,(H,26,30)(H,28,29)/t10-,14+,15?,17?/m1/s1. The molecule has 1 heterocycles. The van der Waals surface area contributed by atoms with E-state index in [-0.39, 0.29) is 18.6 Å². The molecule has 0 fully saturated rings. The molecular weight excluding hydrogens is 489 g/mol. The van der Waals surface area contributed by atoms with E-state index in [0.717, 1.165) is 0 Å². The van der Waals surface area contributed by atoms with Crippen molar-refractivity contribution in [3.63, 3.8) is 0 Å². The van der Waals surface area contributed by atoms with Gasteiger partial charge in [0.2, 0.25) is 22.0 Å². The first-order valence-corrected chi connectivity index (χ1v) is 11.8. The first-order chi connectivity index (χ1) is 15.8. The molecule has 34 heavy (non-hydrogen) atoms. The van der Waals surface area contributed by atoms with Crippen molar-refractivity contribution in [3.05, 3.63) is 47.5 Å². The molecule has 186 valence electrons. The summed E-state index contributed by atoms with van der Waals surface area (Å²) in [5.74, 6) is -8.09. The van der Waals surface area contributed by atoms with Gasteiger partial charge in [-0.2, -0.15) is 13.2 Å². The Labute approximate surface area is 191 Å². The van der Waals surface area contributed by atoms with E-state index in [2.05, 4.69) is 10.5 Å². The highest BCUT2D eigenvalue weighted by atomic mass is 32.2. The molecule has 2 N–H and O–H groups in total. The predicted octanol–water partition coefficient (Wildman–Crippen LogP) is 2.16.